The minimum absolute atomic E-state index is 0.109. The quantitative estimate of drug-likeness (QED) is 0.587. The number of carbonyl (C=O) groups is 1. The average Bonchev–Trinajstić information content (AvgIpc) is 2.03. The highest BCUT2D eigenvalue weighted by molar-refractivity contribution is 5.88. The molecular formula is C7H6FNO3. The third-order valence-corrected chi connectivity index (χ3v) is 1.33. The lowest BCUT2D eigenvalue weighted by molar-refractivity contribution is 0.0692. The van der Waals surface area contributed by atoms with Gasteiger partial charge in [0, 0.05) is 6.07 Å². The van der Waals surface area contributed by atoms with E-state index in [9.17, 15) is 9.18 Å². The number of aromatic carboxylic acids is 1. The van der Waals surface area contributed by atoms with Gasteiger partial charge in [-0.25, -0.2) is 9.18 Å². The molecule has 1 aromatic carbocycles. The first-order chi connectivity index (χ1) is 5.65. The Balaban J connectivity index is 3.12. The summed E-state index contributed by atoms with van der Waals surface area (Å²) in [6.45, 7) is 0. The van der Waals surface area contributed by atoms with Crippen LogP contribution >= 0.6 is 0 Å². The summed E-state index contributed by atoms with van der Waals surface area (Å²) in [5.74, 6) is -2.22. The van der Waals surface area contributed by atoms with Gasteiger partial charge in [0.2, 0.25) is 0 Å². The summed E-state index contributed by atoms with van der Waals surface area (Å²) >= 11 is 0. The second-order valence-corrected chi connectivity index (χ2v) is 2.11. The van der Waals surface area contributed by atoms with E-state index in [-0.39, 0.29) is 5.69 Å². The van der Waals surface area contributed by atoms with Crippen LogP contribution in [0.1, 0.15) is 10.4 Å². The Kier molecular flexibility index (Phi) is 2.25. The molecule has 0 aliphatic heterocycles. The van der Waals surface area contributed by atoms with Crippen LogP contribution in [0.4, 0.5) is 10.1 Å². The lowest BCUT2D eigenvalue weighted by atomic mass is 10.2. The zero-order valence-corrected chi connectivity index (χ0v) is 5.91. The van der Waals surface area contributed by atoms with Gasteiger partial charge in [-0.05, 0) is 12.1 Å². The molecule has 12 heavy (non-hydrogen) atoms. The highest BCUT2D eigenvalue weighted by atomic mass is 19.1. The molecule has 0 atom stereocenters. The number of nitrogens with one attached hydrogen (secondary N) is 1. The number of carboxylic acids is 1. The number of halogens is 1. The first-order valence-electron chi connectivity index (χ1n) is 3.08. The number of hydrogen-bond acceptors (Lipinski definition) is 3. The number of hydrogen-bond donors (Lipinski definition) is 3. The lowest BCUT2D eigenvalue weighted by Gasteiger charge is -2.00. The lowest BCUT2D eigenvalue weighted by Crippen LogP contribution is -2.01. The molecule has 0 aliphatic rings. The van der Waals surface area contributed by atoms with Crippen LogP contribution in [0.5, 0.6) is 0 Å². The molecule has 0 aliphatic carbocycles. The normalized spacial score (nSPS) is 9.50. The van der Waals surface area contributed by atoms with Gasteiger partial charge in [0.25, 0.3) is 0 Å². The Morgan fingerprint density at radius 1 is 1.50 bits per heavy atom. The summed E-state index contributed by atoms with van der Waals surface area (Å²) in [6.07, 6.45) is 0. The van der Waals surface area contributed by atoms with E-state index < -0.39 is 17.3 Å². The van der Waals surface area contributed by atoms with E-state index >= 15 is 0 Å². The molecular weight excluding hydrogens is 165 g/mol. The fourth-order valence-corrected chi connectivity index (χ4v) is 0.758. The molecule has 0 bridgehead atoms. The van der Waals surface area contributed by atoms with Gasteiger partial charge in [0.1, 0.15) is 5.82 Å². The van der Waals surface area contributed by atoms with Crippen molar-refractivity contribution < 1.29 is 19.5 Å². The van der Waals surface area contributed by atoms with Crippen LogP contribution < -0.4 is 5.48 Å². The van der Waals surface area contributed by atoms with Crippen molar-refractivity contribution in [1.29, 1.82) is 0 Å². The summed E-state index contributed by atoms with van der Waals surface area (Å²) in [6, 6.07) is 3.21. The van der Waals surface area contributed by atoms with E-state index in [0.717, 1.165) is 12.1 Å². The van der Waals surface area contributed by atoms with Crippen LogP contribution in [0.2, 0.25) is 0 Å². The van der Waals surface area contributed by atoms with Gasteiger partial charge in [-0.2, -0.15) is 0 Å². The summed E-state index contributed by atoms with van der Waals surface area (Å²) in [4.78, 5) is 10.3. The first-order valence-corrected chi connectivity index (χ1v) is 3.08. The fraction of sp³-hybridized carbons (Fsp3) is 0. The minimum atomic E-state index is -1.34. The minimum Gasteiger partial charge on any atom is -0.478 e. The molecule has 0 saturated heterocycles. The maximum absolute atomic E-state index is 12.8. The van der Waals surface area contributed by atoms with Crippen molar-refractivity contribution in [1.82, 2.24) is 0 Å². The van der Waals surface area contributed by atoms with Crippen molar-refractivity contribution >= 4 is 11.7 Å². The van der Waals surface area contributed by atoms with Crippen molar-refractivity contribution in [3.05, 3.63) is 29.6 Å². The largest absolute Gasteiger partial charge is 0.478 e. The molecule has 0 amide bonds. The third-order valence-electron chi connectivity index (χ3n) is 1.33. The van der Waals surface area contributed by atoms with Crippen LogP contribution in [0, 0.1) is 5.82 Å². The molecule has 0 saturated carbocycles. The molecule has 1 aromatic rings. The molecule has 0 aromatic heterocycles. The molecule has 0 fully saturated rings. The van der Waals surface area contributed by atoms with Crippen LogP contribution in [0.25, 0.3) is 0 Å². The molecule has 0 radical (unpaired) electrons. The molecule has 5 heteroatoms. The first kappa shape index (κ1) is 8.48. The van der Waals surface area contributed by atoms with E-state index in [1.807, 2.05) is 0 Å². The van der Waals surface area contributed by atoms with Gasteiger partial charge in [-0.1, -0.05) is 0 Å². The van der Waals surface area contributed by atoms with Gasteiger partial charge in [0.05, 0.1) is 11.3 Å². The molecule has 3 N–H and O–H groups in total. The Hall–Kier alpha value is -1.62. The maximum Gasteiger partial charge on any atom is 0.338 e. The number of carboxylic acid groups (broad SMARTS) is 1. The molecule has 0 spiro atoms. The van der Waals surface area contributed by atoms with Crippen molar-refractivity contribution in [2.24, 2.45) is 0 Å². The van der Waals surface area contributed by atoms with Crippen molar-refractivity contribution in [2.75, 3.05) is 5.48 Å². The highest BCUT2D eigenvalue weighted by Gasteiger charge is 2.09. The molecule has 0 unspecified atom stereocenters. The van der Waals surface area contributed by atoms with E-state index in [4.69, 9.17) is 10.3 Å². The highest BCUT2D eigenvalue weighted by Crippen LogP contribution is 2.13. The van der Waals surface area contributed by atoms with E-state index in [2.05, 4.69) is 0 Å². The number of rotatable bonds is 2. The third kappa shape index (κ3) is 1.51. The van der Waals surface area contributed by atoms with Gasteiger partial charge in [0.15, 0.2) is 0 Å². The Morgan fingerprint density at radius 3 is 2.58 bits per heavy atom. The number of anilines is 1. The molecule has 4 nitrogen and oxygen atoms in total. The predicted octanol–water partition coefficient (Wildman–Crippen LogP) is 1.32. The van der Waals surface area contributed by atoms with E-state index in [1.54, 1.807) is 5.48 Å². The number of benzene rings is 1. The predicted molar refractivity (Wildman–Crippen MR) is 38.8 cm³/mol. The Labute approximate surface area is 67.2 Å². The van der Waals surface area contributed by atoms with Crippen LogP contribution in [-0.4, -0.2) is 16.3 Å². The standard InChI is InChI=1S/C7H6FNO3/c8-6-3-4(9-12)1-2-5(6)7(10)11/h1-3,9,12H,(H,10,11). The average molecular weight is 171 g/mol. The second kappa shape index (κ2) is 3.19. The van der Waals surface area contributed by atoms with Crippen LogP contribution in [0.3, 0.4) is 0 Å². The molecule has 64 valence electrons. The van der Waals surface area contributed by atoms with Crippen molar-refractivity contribution in [3.63, 3.8) is 0 Å². The summed E-state index contributed by atoms with van der Waals surface area (Å²) in [7, 11) is 0. The van der Waals surface area contributed by atoms with Gasteiger partial charge < -0.3 is 5.11 Å². The van der Waals surface area contributed by atoms with Gasteiger partial charge in [-0.3, -0.25) is 10.7 Å². The van der Waals surface area contributed by atoms with Crippen LogP contribution in [0.15, 0.2) is 18.2 Å². The summed E-state index contributed by atoms with van der Waals surface area (Å²) < 4.78 is 12.8. The maximum atomic E-state index is 12.8. The van der Waals surface area contributed by atoms with Crippen molar-refractivity contribution in [2.45, 2.75) is 0 Å². The summed E-state index contributed by atoms with van der Waals surface area (Å²) in [5, 5.41) is 16.7. The fourth-order valence-electron chi connectivity index (χ4n) is 0.758. The Morgan fingerprint density at radius 2 is 2.17 bits per heavy atom. The SMILES string of the molecule is O=C(O)c1ccc(NO)cc1F. The zero-order valence-electron chi connectivity index (χ0n) is 5.91. The monoisotopic (exact) mass is 171 g/mol. The van der Waals surface area contributed by atoms with E-state index in [0.29, 0.717) is 0 Å². The zero-order chi connectivity index (χ0) is 9.14. The Bertz CT molecular complexity index is 314. The topological polar surface area (TPSA) is 69.6 Å². The molecule has 0 heterocycles. The smallest absolute Gasteiger partial charge is 0.338 e. The van der Waals surface area contributed by atoms with Crippen molar-refractivity contribution in [3.8, 4) is 0 Å². The van der Waals surface area contributed by atoms with Gasteiger partial charge in [-0.15, -0.1) is 0 Å². The summed E-state index contributed by atoms with van der Waals surface area (Å²) in [5.41, 5.74) is 1.39. The van der Waals surface area contributed by atoms with Gasteiger partial charge >= 0.3 is 5.97 Å². The molecule has 1 rings (SSSR count). The van der Waals surface area contributed by atoms with Crippen LogP contribution in [-0.2, 0) is 0 Å². The second-order valence-electron chi connectivity index (χ2n) is 2.11. The van der Waals surface area contributed by atoms with E-state index in [1.165, 1.54) is 6.07 Å².